The third-order valence-corrected chi connectivity index (χ3v) is 3.00. The fourth-order valence-corrected chi connectivity index (χ4v) is 1.79. The summed E-state index contributed by atoms with van der Waals surface area (Å²) in [5.74, 6) is 1.70. The van der Waals surface area contributed by atoms with Crippen LogP contribution in [0, 0.1) is 6.92 Å². The average Bonchev–Trinajstić information content (AvgIpc) is 2.48. The minimum absolute atomic E-state index is 0.562. The van der Waals surface area contributed by atoms with E-state index in [4.69, 9.17) is 4.74 Å². The number of carbonyl (C=O) groups is 1. The van der Waals surface area contributed by atoms with Crippen molar-refractivity contribution >= 4 is 12.1 Å². The Kier molecular flexibility index (Phi) is 4.71. The molecule has 2 aromatic rings. The van der Waals surface area contributed by atoms with Gasteiger partial charge in [0.25, 0.3) is 0 Å². The molecule has 0 radical (unpaired) electrons. The van der Waals surface area contributed by atoms with E-state index in [9.17, 15) is 4.79 Å². The Morgan fingerprint density at radius 3 is 2.65 bits per heavy atom. The van der Waals surface area contributed by atoms with E-state index in [1.165, 1.54) is 5.56 Å². The van der Waals surface area contributed by atoms with Crippen molar-refractivity contribution in [3.8, 4) is 5.75 Å². The van der Waals surface area contributed by atoms with Gasteiger partial charge in [-0.15, -0.1) is 0 Å². The molecule has 0 aliphatic rings. The van der Waals surface area contributed by atoms with Gasteiger partial charge in [0, 0.05) is 18.8 Å². The fourth-order valence-electron chi connectivity index (χ4n) is 1.79. The molecule has 0 aliphatic heterocycles. The highest BCUT2D eigenvalue weighted by Crippen LogP contribution is 2.12. The van der Waals surface area contributed by atoms with Crippen LogP contribution in [-0.4, -0.2) is 31.5 Å². The average molecular weight is 270 g/mol. The van der Waals surface area contributed by atoms with E-state index in [1.807, 2.05) is 31.0 Å². The van der Waals surface area contributed by atoms with Crippen LogP contribution < -0.4 is 9.64 Å². The minimum atomic E-state index is 0.562. The van der Waals surface area contributed by atoms with Crippen LogP contribution in [0.15, 0.2) is 42.6 Å². The fraction of sp³-hybridized carbons (Fsp3) is 0.250. The Hall–Kier alpha value is -2.36. The van der Waals surface area contributed by atoms with Crippen LogP contribution in [0.1, 0.15) is 15.9 Å². The lowest BCUT2D eigenvalue weighted by atomic mass is 10.2. The summed E-state index contributed by atoms with van der Waals surface area (Å²) < 4.78 is 5.64. The summed E-state index contributed by atoms with van der Waals surface area (Å²) in [5, 5.41) is 0. The summed E-state index contributed by atoms with van der Waals surface area (Å²) in [6.45, 7) is 3.35. The molecule has 0 bridgehead atoms. The van der Waals surface area contributed by atoms with Crippen LogP contribution in [0.4, 0.5) is 5.82 Å². The molecule has 0 unspecified atom stereocenters. The second kappa shape index (κ2) is 6.70. The summed E-state index contributed by atoms with van der Waals surface area (Å²) in [6, 6.07) is 11.1. The van der Waals surface area contributed by atoms with Gasteiger partial charge < -0.3 is 9.64 Å². The zero-order valence-corrected chi connectivity index (χ0v) is 11.7. The third kappa shape index (κ3) is 3.82. The Morgan fingerprint density at radius 1 is 1.25 bits per heavy atom. The Labute approximate surface area is 119 Å². The van der Waals surface area contributed by atoms with Crippen molar-refractivity contribution in [2.45, 2.75) is 6.92 Å². The van der Waals surface area contributed by atoms with Crippen LogP contribution in [0.5, 0.6) is 5.75 Å². The largest absolute Gasteiger partial charge is 0.492 e. The lowest BCUT2D eigenvalue weighted by Crippen LogP contribution is -2.24. The van der Waals surface area contributed by atoms with E-state index < -0.39 is 0 Å². The zero-order chi connectivity index (χ0) is 14.4. The zero-order valence-electron chi connectivity index (χ0n) is 11.7. The maximum atomic E-state index is 10.6. The number of pyridine rings is 1. The second-order valence-electron chi connectivity index (χ2n) is 4.65. The SMILES string of the molecule is Cc1ccnc(N(C)CCOc2ccc(C=O)cc2)c1. The molecule has 1 aromatic carbocycles. The number of likely N-dealkylation sites (N-methyl/N-ethyl adjacent to an activating group) is 1. The maximum Gasteiger partial charge on any atom is 0.150 e. The van der Waals surface area contributed by atoms with E-state index >= 15 is 0 Å². The molecule has 0 amide bonds. The molecule has 0 spiro atoms. The van der Waals surface area contributed by atoms with Crippen molar-refractivity contribution in [1.29, 1.82) is 0 Å². The minimum Gasteiger partial charge on any atom is -0.492 e. The van der Waals surface area contributed by atoms with Crippen molar-refractivity contribution in [1.82, 2.24) is 4.98 Å². The van der Waals surface area contributed by atoms with Gasteiger partial charge in [0.1, 0.15) is 24.5 Å². The van der Waals surface area contributed by atoms with Crippen LogP contribution in [-0.2, 0) is 0 Å². The lowest BCUT2D eigenvalue weighted by molar-refractivity contribution is 0.112. The number of hydrogen-bond acceptors (Lipinski definition) is 4. The van der Waals surface area contributed by atoms with E-state index in [-0.39, 0.29) is 0 Å². The number of hydrogen-bond donors (Lipinski definition) is 0. The Bertz CT molecular complexity index is 567. The van der Waals surface area contributed by atoms with E-state index in [2.05, 4.69) is 4.98 Å². The van der Waals surface area contributed by atoms with Gasteiger partial charge >= 0.3 is 0 Å². The van der Waals surface area contributed by atoms with E-state index in [0.29, 0.717) is 12.2 Å². The van der Waals surface area contributed by atoms with Gasteiger partial charge in [-0.25, -0.2) is 4.98 Å². The number of benzene rings is 1. The number of rotatable bonds is 6. The number of ether oxygens (including phenoxy) is 1. The molecule has 0 saturated heterocycles. The highest BCUT2D eigenvalue weighted by Gasteiger charge is 2.02. The summed E-state index contributed by atoms with van der Waals surface area (Å²) in [7, 11) is 1.99. The van der Waals surface area contributed by atoms with Crippen LogP contribution in [0.3, 0.4) is 0 Å². The van der Waals surface area contributed by atoms with Gasteiger partial charge in [0.15, 0.2) is 0 Å². The highest BCUT2D eigenvalue weighted by molar-refractivity contribution is 5.74. The first-order valence-electron chi connectivity index (χ1n) is 6.51. The third-order valence-electron chi connectivity index (χ3n) is 3.00. The van der Waals surface area contributed by atoms with E-state index in [0.717, 1.165) is 24.4 Å². The van der Waals surface area contributed by atoms with E-state index in [1.54, 1.807) is 30.5 Å². The maximum absolute atomic E-state index is 10.6. The van der Waals surface area contributed by atoms with Gasteiger partial charge in [0.2, 0.25) is 0 Å². The van der Waals surface area contributed by atoms with Crippen molar-refractivity contribution in [2.75, 3.05) is 25.1 Å². The van der Waals surface area contributed by atoms with Gasteiger partial charge in [-0.3, -0.25) is 4.79 Å². The number of anilines is 1. The molecule has 104 valence electrons. The molecule has 2 rings (SSSR count). The highest BCUT2D eigenvalue weighted by atomic mass is 16.5. The molecule has 1 aromatic heterocycles. The molecule has 0 saturated carbocycles. The molecule has 0 N–H and O–H groups in total. The number of nitrogens with zero attached hydrogens (tertiary/aromatic N) is 2. The van der Waals surface area contributed by atoms with Crippen molar-refractivity contribution in [2.24, 2.45) is 0 Å². The topological polar surface area (TPSA) is 42.4 Å². The summed E-state index contributed by atoms with van der Waals surface area (Å²) in [4.78, 5) is 16.9. The molecule has 4 nitrogen and oxygen atoms in total. The van der Waals surface area contributed by atoms with Gasteiger partial charge in [-0.05, 0) is 48.9 Å². The normalized spacial score (nSPS) is 10.1. The van der Waals surface area contributed by atoms with Crippen LogP contribution in [0.2, 0.25) is 0 Å². The standard InChI is InChI=1S/C16H18N2O2/c1-13-7-8-17-16(11-13)18(2)9-10-20-15-5-3-14(12-19)4-6-15/h3-8,11-12H,9-10H2,1-2H3. The molecule has 20 heavy (non-hydrogen) atoms. The number of aldehydes is 1. The van der Waals surface area contributed by atoms with Crippen LogP contribution in [0.25, 0.3) is 0 Å². The number of aryl methyl sites for hydroxylation is 1. The van der Waals surface area contributed by atoms with Gasteiger partial charge in [-0.1, -0.05) is 0 Å². The molecular formula is C16H18N2O2. The van der Waals surface area contributed by atoms with Gasteiger partial charge in [-0.2, -0.15) is 0 Å². The van der Waals surface area contributed by atoms with Crippen LogP contribution >= 0.6 is 0 Å². The van der Waals surface area contributed by atoms with Crippen molar-refractivity contribution in [3.63, 3.8) is 0 Å². The molecule has 0 fully saturated rings. The van der Waals surface area contributed by atoms with Gasteiger partial charge in [0.05, 0.1) is 6.54 Å². The Morgan fingerprint density at radius 2 is 2.00 bits per heavy atom. The predicted molar refractivity (Wildman–Crippen MR) is 79.6 cm³/mol. The molecule has 0 atom stereocenters. The Balaban J connectivity index is 1.84. The molecule has 0 aliphatic carbocycles. The first kappa shape index (κ1) is 14.1. The summed E-state index contributed by atoms with van der Waals surface area (Å²) in [5.41, 5.74) is 1.84. The molecule has 1 heterocycles. The van der Waals surface area contributed by atoms with Crippen molar-refractivity contribution < 1.29 is 9.53 Å². The summed E-state index contributed by atoms with van der Waals surface area (Å²) in [6.07, 6.45) is 2.63. The molecule has 4 heteroatoms. The predicted octanol–water partition coefficient (Wildman–Crippen LogP) is 2.72. The first-order valence-corrected chi connectivity index (χ1v) is 6.51. The molecular weight excluding hydrogens is 252 g/mol. The summed E-state index contributed by atoms with van der Waals surface area (Å²) >= 11 is 0. The second-order valence-corrected chi connectivity index (χ2v) is 4.65. The first-order chi connectivity index (χ1) is 9.69. The monoisotopic (exact) mass is 270 g/mol. The smallest absolute Gasteiger partial charge is 0.150 e. The quantitative estimate of drug-likeness (QED) is 0.757. The number of aromatic nitrogens is 1. The number of carbonyl (C=O) groups excluding carboxylic acids is 1. The van der Waals surface area contributed by atoms with Crippen molar-refractivity contribution in [3.05, 3.63) is 53.7 Å². The lowest BCUT2D eigenvalue weighted by Gasteiger charge is -2.18.